The van der Waals surface area contributed by atoms with E-state index >= 15 is 0 Å². The summed E-state index contributed by atoms with van der Waals surface area (Å²) < 4.78 is 21.3. The first-order valence-corrected chi connectivity index (χ1v) is 8.08. The van der Waals surface area contributed by atoms with Crippen molar-refractivity contribution in [2.24, 2.45) is 0 Å². The van der Waals surface area contributed by atoms with E-state index in [-0.39, 0.29) is 18.1 Å². The molecule has 0 aliphatic heterocycles. The molecule has 0 atom stereocenters. The maximum Gasteiger partial charge on any atom is 0.349 e. The zero-order valence-electron chi connectivity index (χ0n) is 14.9. The predicted octanol–water partition coefficient (Wildman–Crippen LogP) is 3.33. The number of methoxy groups -OCH3 is 1. The van der Waals surface area contributed by atoms with E-state index in [4.69, 9.17) is 18.9 Å². The zero-order valence-corrected chi connectivity index (χ0v) is 14.9. The van der Waals surface area contributed by atoms with Gasteiger partial charge in [0.05, 0.1) is 18.6 Å². The molecule has 2 rings (SSSR count). The second kappa shape index (κ2) is 9.81. The Bertz CT molecular complexity index is 833. The Morgan fingerprint density at radius 3 is 2.41 bits per heavy atom. The smallest absolute Gasteiger partial charge is 0.349 e. The molecule has 0 fully saturated rings. The molecule has 0 N–H and O–H groups in total. The first-order chi connectivity index (χ1) is 13.0. The van der Waals surface area contributed by atoms with Crippen LogP contribution in [0.25, 0.3) is 6.08 Å². The van der Waals surface area contributed by atoms with Gasteiger partial charge in [0.1, 0.15) is 0 Å². The molecular formula is C19H19NO7. The number of hydrogen-bond acceptors (Lipinski definition) is 7. The summed E-state index contributed by atoms with van der Waals surface area (Å²) in [5.74, 6) is 0.787. The van der Waals surface area contributed by atoms with Gasteiger partial charge in [-0.3, -0.25) is 10.1 Å². The van der Waals surface area contributed by atoms with Crippen molar-refractivity contribution in [3.05, 3.63) is 64.3 Å². The SMILES string of the molecule is CCOc1ccccc1OCC(=O)Oc1ccc(/C=C/[N+](=O)[O-])cc1OC. The summed E-state index contributed by atoms with van der Waals surface area (Å²) in [5, 5.41) is 10.4. The van der Waals surface area contributed by atoms with Crippen LogP contribution in [0.3, 0.4) is 0 Å². The molecule has 8 heteroatoms. The topological polar surface area (TPSA) is 97.1 Å². The van der Waals surface area contributed by atoms with Crippen LogP contribution in [0.1, 0.15) is 12.5 Å². The molecule has 0 aromatic heterocycles. The van der Waals surface area contributed by atoms with Gasteiger partial charge >= 0.3 is 5.97 Å². The number of nitrogens with zero attached hydrogens (tertiary/aromatic N) is 1. The largest absolute Gasteiger partial charge is 0.493 e. The van der Waals surface area contributed by atoms with Crippen molar-refractivity contribution in [1.29, 1.82) is 0 Å². The predicted molar refractivity (Wildman–Crippen MR) is 97.8 cm³/mol. The number of hydrogen-bond donors (Lipinski definition) is 0. The summed E-state index contributed by atoms with van der Waals surface area (Å²) in [6, 6.07) is 11.6. The minimum absolute atomic E-state index is 0.183. The van der Waals surface area contributed by atoms with Crippen LogP contribution in [0.5, 0.6) is 23.0 Å². The summed E-state index contributed by atoms with van der Waals surface area (Å²) in [4.78, 5) is 21.9. The van der Waals surface area contributed by atoms with Gasteiger partial charge in [0.2, 0.25) is 6.20 Å². The molecule has 0 bridgehead atoms. The Hall–Kier alpha value is -3.55. The summed E-state index contributed by atoms with van der Waals surface area (Å²) in [7, 11) is 1.41. The first-order valence-electron chi connectivity index (χ1n) is 8.08. The zero-order chi connectivity index (χ0) is 19.6. The standard InChI is InChI=1S/C19H19NO7/c1-3-25-15-6-4-5-7-16(15)26-13-19(21)27-17-9-8-14(10-11-20(22)23)12-18(17)24-2/h4-12H,3,13H2,1-2H3/b11-10+. The second-order valence-electron chi connectivity index (χ2n) is 5.15. The molecule has 0 heterocycles. The minimum Gasteiger partial charge on any atom is -0.493 e. The quantitative estimate of drug-likeness (QED) is 0.288. The van der Waals surface area contributed by atoms with Crippen molar-refractivity contribution in [2.75, 3.05) is 20.3 Å². The number of carbonyl (C=O) groups excluding carboxylic acids is 1. The number of benzene rings is 2. The van der Waals surface area contributed by atoms with Gasteiger partial charge in [-0.1, -0.05) is 18.2 Å². The maximum atomic E-state index is 12.1. The van der Waals surface area contributed by atoms with E-state index in [1.807, 2.05) is 6.92 Å². The lowest BCUT2D eigenvalue weighted by atomic mass is 10.2. The van der Waals surface area contributed by atoms with Crippen molar-refractivity contribution in [1.82, 2.24) is 0 Å². The molecule has 0 saturated carbocycles. The summed E-state index contributed by atoms with van der Waals surface area (Å²) in [5.41, 5.74) is 0.533. The molecule has 27 heavy (non-hydrogen) atoms. The van der Waals surface area contributed by atoms with E-state index in [2.05, 4.69) is 0 Å². The summed E-state index contributed by atoms with van der Waals surface area (Å²) in [6.07, 6.45) is 2.12. The van der Waals surface area contributed by atoms with E-state index in [1.54, 1.807) is 30.3 Å². The molecule has 0 aliphatic carbocycles. The van der Waals surface area contributed by atoms with E-state index in [0.29, 0.717) is 23.7 Å². The van der Waals surface area contributed by atoms with Crippen molar-refractivity contribution >= 4 is 12.0 Å². The van der Waals surface area contributed by atoms with Gasteiger partial charge in [-0.2, -0.15) is 0 Å². The van der Waals surface area contributed by atoms with Crippen molar-refractivity contribution in [3.8, 4) is 23.0 Å². The summed E-state index contributed by atoms with van der Waals surface area (Å²) >= 11 is 0. The molecule has 0 radical (unpaired) electrons. The average molecular weight is 373 g/mol. The lowest BCUT2D eigenvalue weighted by Crippen LogP contribution is -2.18. The Kier molecular flexibility index (Phi) is 7.18. The molecule has 142 valence electrons. The Morgan fingerprint density at radius 2 is 1.78 bits per heavy atom. The molecule has 0 aliphatic rings. The van der Waals surface area contributed by atoms with Crippen LogP contribution in [-0.2, 0) is 4.79 Å². The van der Waals surface area contributed by atoms with Gasteiger partial charge in [0.25, 0.3) is 0 Å². The van der Waals surface area contributed by atoms with Crippen LogP contribution in [0.15, 0.2) is 48.7 Å². The molecule has 0 amide bonds. The highest BCUT2D eigenvalue weighted by Gasteiger charge is 2.13. The van der Waals surface area contributed by atoms with Gasteiger partial charge in [0.15, 0.2) is 29.6 Å². The van der Waals surface area contributed by atoms with Crippen LogP contribution in [0, 0.1) is 10.1 Å². The Morgan fingerprint density at radius 1 is 1.07 bits per heavy atom. The molecular weight excluding hydrogens is 354 g/mol. The third-order valence-electron chi connectivity index (χ3n) is 3.29. The van der Waals surface area contributed by atoms with Crippen molar-refractivity contribution < 1.29 is 28.7 Å². The normalized spacial score (nSPS) is 10.4. The highest BCUT2D eigenvalue weighted by Crippen LogP contribution is 2.29. The number of rotatable bonds is 9. The number of ether oxygens (including phenoxy) is 4. The number of esters is 1. The van der Waals surface area contributed by atoms with E-state index in [1.165, 1.54) is 25.3 Å². The van der Waals surface area contributed by atoms with Gasteiger partial charge in [-0.05, 0) is 36.8 Å². The fraction of sp³-hybridized carbons (Fsp3) is 0.211. The van der Waals surface area contributed by atoms with Crippen LogP contribution in [0.2, 0.25) is 0 Å². The molecule has 0 spiro atoms. The number of para-hydroxylation sites is 2. The maximum absolute atomic E-state index is 12.1. The molecule has 2 aromatic carbocycles. The van der Waals surface area contributed by atoms with E-state index in [0.717, 1.165) is 6.20 Å². The van der Waals surface area contributed by atoms with Crippen LogP contribution >= 0.6 is 0 Å². The lowest BCUT2D eigenvalue weighted by molar-refractivity contribution is -0.400. The first kappa shape index (κ1) is 19.8. The third-order valence-corrected chi connectivity index (χ3v) is 3.29. The molecule has 0 unspecified atom stereocenters. The van der Waals surface area contributed by atoms with Gasteiger partial charge < -0.3 is 18.9 Å². The molecule has 0 saturated heterocycles. The highest BCUT2D eigenvalue weighted by molar-refractivity contribution is 5.75. The van der Waals surface area contributed by atoms with Gasteiger partial charge in [0, 0.05) is 6.08 Å². The van der Waals surface area contributed by atoms with Crippen LogP contribution in [-0.4, -0.2) is 31.2 Å². The molecule has 2 aromatic rings. The van der Waals surface area contributed by atoms with Gasteiger partial charge in [-0.25, -0.2) is 4.79 Å². The highest BCUT2D eigenvalue weighted by atomic mass is 16.6. The van der Waals surface area contributed by atoms with E-state index in [9.17, 15) is 14.9 Å². The monoisotopic (exact) mass is 373 g/mol. The summed E-state index contributed by atoms with van der Waals surface area (Å²) in [6.45, 7) is 2.00. The number of carbonyl (C=O) groups is 1. The third kappa shape index (κ3) is 6.03. The van der Waals surface area contributed by atoms with Crippen LogP contribution < -0.4 is 18.9 Å². The van der Waals surface area contributed by atoms with Crippen molar-refractivity contribution in [3.63, 3.8) is 0 Å². The minimum atomic E-state index is -0.631. The van der Waals surface area contributed by atoms with Crippen molar-refractivity contribution in [2.45, 2.75) is 6.92 Å². The van der Waals surface area contributed by atoms with E-state index < -0.39 is 10.9 Å². The fourth-order valence-corrected chi connectivity index (χ4v) is 2.15. The second-order valence-corrected chi connectivity index (χ2v) is 5.15. The Labute approximate surface area is 156 Å². The number of nitro groups is 1. The van der Waals surface area contributed by atoms with Gasteiger partial charge in [-0.15, -0.1) is 0 Å². The fourth-order valence-electron chi connectivity index (χ4n) is 2.15. The Balaban J connectivity index is 2.02. The average Bonchev–Trinajstić information content (AvgIpc) is 2.66. The van der Waals surface area contributed by atoms with Crippen LogP contribution in [0.4, 0.5) is 0 Å². The lowest BCUT2D eigenvalue weighted by Gasteiger charge is -2.12. The molecule has 8 nitrogen and oxygen atoms in total.